The number of aromatic nitrogens is 1. The monoisotopic (exact) mass is 346 g/mol. The van der Waals surface area contributed by atoms with Crippen LogP contribution in [0, 0.1) is 0 Å². The highest BCUT2D eigenvalue weighted by Gasteiger charge is 2.23. The van der Waals surface area contributed by atoms with Crippen LogP contribution in [0.2, 0.25) is 0 Å². The summed E-state index contributed by atoms with van der Waals surface area (Å²) in [6.07, 6.45) is -1.60. The molecule has 0 saturated heterocycles. The van der Waals surface area contributed by atoms with Crippen molar-refractivity contribution in [2.75, 3.05) is 13.7 Å². The average Bonchev–Trinajstić information content (AvgIpc) is 2.93. The maximum absolute atomic E-state index is 11.5. The molecule has 0 spiro atoms. The normalized spacial score (nSPS) is 14.0. The molecule has 0 aliphatic heterocycles. The van der Waals surface area contributed by atoms with Crippen LogP contribution in [0.15, 0.2) is 6.20 Å². The largest absolute Gasteiger partial charge is 0.465 e. The van der Waals surface area contributed by atoms with Crippen LogP contribution in [0.5, 0.6) is 0 Å². The van der Waals surface area contributed by atoms with Gasteiger partial charge in [0.1, 0.15) is 21.6 Å². The zero-order valence-corrected chi connectivity index (χ0v) is 14.3. The number of hydrogen-bond acceptors (Lipinski definition) is 8. The van der Waals surface area contributed by atoms with E-state index in [9.17, 15) is 19.8 Å². The Hall–Kier alpha value is -1.71. The Kier molecular flexibility index (Phi) is 6.92. The fraction of sp³-hybridized carbons (Fsp3) is 0.643. The predicted octanol–water partition coefficient (Wildman–Crippen LogP) is 1.24. The zero-order chi connectivity index (χ0) is 17.6. The van der Waals surface area contributed by atoms with Gasteiger partial charge in [-0.15, -0.1) is 11.3 Å². The van der Waals surface area contributed by atoms with Crippen molar-refractivity contribution in [1.29, 1.82) is 0 Å². The summed E-state index contributed by atoms with van der Waals surface area (Å²) >= 11 is 0.942. The van der Waals surface area contributed by atoms with Crippen molar-refractivity contribution in [2.45, 2.75) is 45.0 Å². The van der Waals surface area contributed by atoms with Crippen LogP contribution >= 0.6 is 11.3 Å². The van der Waals surface area contributed by atoms with E-state index in [0.717, 1.165) is 11.3 Å². The number of aliphatic hydroxyl groups is 2. The summed E-state index contributed by atoms with van der Waals surface area (Å²) in [7, 11) is 1.25. The molecule has 0 fully saturated rings. The van der Waals surface area contributed by atoms with Crippen molar-refractivity contribution in [3.05, 3.63) is 16.1 Å². The van der Waals surface area contributed by atoms with Crippen LogP contribution in [0.3, 0.4) is 0 Å². The first-order valence-corrected chi connectivity index (χ1v) is 7.82. The lowest BCUT2D eigenvalue weighted by atomic mass is 10.1. The Balaban J connectivity index is 2.45. The summed E-state index contributed by atoms with van der Waals surface area (Å²) < 4.78 is 9.60. The molecular weight excluding hydrogens is 324 g/mol. The van der Waals surface area contributed by atoms with Gasteiger partial charge in [-0.2, -0.15) is 0 Å². The zero-order valence-electron chi connectivity index (χ0n) is 13.5. The van der Waals surface area contributed by atoms with Crippen molar-refractivity contribution < 1.29 is 29.3 Å². The number of nitrogens with zero attached hydrogens (tertiary/aromatic N) is 1. The van der Waals surface area contributed by atoms with Crippen LogP contribution in [0.4, 0.5) is 4.79 Å². The molecule has 0 saturated carbocycles. The minimum absolute atomic E-state index is 0.105. The third-order valence-corrected chi connectivity index (χ3v) is 3.68. The van der Waals surface area contributed by atoms with E-state index in [0.29, 0.717) is 0 Å². The van der Waals surface area contributed by atoms with E-state index < -0.39 is 29.9 Å². The van der Waals surface area contributed by atoms with E-state index in [1.54, 1.807) is 20.8 Å². The maximum Gasteiger partial charge on any atom is 0.407 e. The summed E-state index contributed by atoms with van der Waals surface area (Å²) in [6.45, 7) is 5.36. The molecule has 1 aromatic heterocycles. The van der Waals surface area contributed by atoms with E-state index >= 15 is 0 Å². The molecule has 3 N–H and O–H groups in total. The summed E-state index contributed by atoms with van der Waals surface area (Å²) in [4.78, 5) is 26.9. The number of aliphatic hydroxyl groups excluding tert-OH is 2. The van der Waals surface area contributed by atoms with Gasteiger partial charge in [0.2, 0.25) is 0 Å². The van der Waals surface area contributed by atoms with Gasteiger partial charge in [0.05, 0.1) is 19.4 Å². The lowest BCUT2D eigenvalue weighted by Crippen LogP contribution is -2.34. The number of esters is 1. The van der Waals surface area contributed by atoms with E-state index in [4.69, 9.17) is 4.74 Å². The minimum atomic E-state index is -1.25. The molecule has 1 amide bonds. The predicted molar refractivity (Wildman–Crippen MR) is 83.3 cm³/mol. The summed E-state index contributed by atoms with van der Waals surface area (Å²) in [6, 6.07) is 0. The fourth-order valence-electron chi connectivity index (χ4n) is 1.58. The molecule has 8 nitrogen and oxygen atoms in total. The number of alkyl carbamates (subject to hydrolysis) is 1. The topological polar surface area (TPSA) is 118 Å². The number of rotatable bonds is 6. The molecule has 0 radical (unpaired) electrons. The molecular formula is C14H22N2O6S. The molecule has 0 aliphatic rings. The highest BCUT2D eigenvalue weighted by molar-refractivity contribution is 7.13. The van der Waals surface area contributed by atoms with Gasteiger partial charge in [-0.25, -0.2) is 14.6 Å². The number of carbonyl (C=O) groups is 2. The molecule has 0 aromatic carbocycles. The number of amides is 1. The molecule has 1 heterocycles. The van der Waals surface area contributed by atoms with E-state index in [1.165, 1.54) is 13.3 Å². The highest BCUT2D eigenvalue weighted by atomic mass is 32.1. The SMILES string of the molecule is COC(=O)c1cnc(C(O)C(O)CCNC(=O)OC(C)(C)C)s1. The summed E-state index contributed by atoms with van der Waals surface area (Å²) in [5, 5.41) is 22.6. The van der Waals surface area contributed by atoms with Gasteiger partial charge in [-0.1, -0.05) is 0 Å². The first-order valence-electron chi connectivity index (χ1n) is 7.01. The number of carbonyl (C=O) groups excluding carboxylic acids is 2. The molecule has 23 heavy (non-hydrogen) atoms. The van der Waals surface area contributed by atoms with Crippen molar-refractivity contribution in [1.82, 2.24) is 10.3 Å². The number of ether oxygens (including phenoxy) is 2. The second-order valence-electron chi connectivity index (χ2n) is 5.78. The number of nitrogens with one attached hydrogen (secondary N) is 1. The number of hydrogen-bond donors (Lipinski definition) is 3. The second kappa shape index (κ2) is 8.23. The quantitative estimate of drug-likeness (QED) is 0.663. The van der Waals surface area contributed by atoms with Gasteiger partial charge in [0, 0.05) is 6.54 Å². The smallest absolute Gasteiger partial charge is 0.407 e. The molecule has 1 aromatic rings. The molecule has 2 atom stereocenters. The lowest BCUT2D eigenvalue weighted by Gasteiger charge is -2.20. The lowest BCUT2D eigenvalue weighted by molar-refractivity contribution is 0.0122. The van der Waals surface area contributed by atoms with Crippen LogP contribution in [0.25, 0.3) is 0 Å². The Bertz CT molecular complexity index is 540. The first-order chi connectivity index (χ1) is 10.6. The van der Waals surface area contributed by atoms with Gasteiger partial charge < -0.3 is 25.0 Å². The average molecular weight is 346 g/mol. The van der Waals surface area contributed by atoms with Crippen molar-refractivity contribution in [3.63, 3.8) is 0 Å². The highest BCUT2D eigenvalue weighted by Crippen LogP contribution is 2.24. The van der Waals surface area contributed by atoms with Crippen LogP contribution < -0.4 is 5.32 Å². The maximum atomic E-state index is 11.5. The number of methoxy groups -OCH3 is 1. The van der Waals surface area contributed by atoms with Crippen molar-refractivity contribution >= 4 is 23.4 Å². The van der Waals surface area contributed by atoms with Crippen LogP contribution in [-0.2, 0) is 9.47 Å². The molecule has 1 rings (SSSR count). The molecule has 0 aliphatic carbocycles. The molecule has 9 heteroatoms. The molecule has 2 unspecified atom stereocenters. The standard InChI is InChI=1S/C14H22N2O6S/c1-14(2,3)22-13(20)15-6-5-8(17)10(18)11-16-7-9(23-11)12(19)21-4/h7-8,10,17-18H,5-6H2,1-4H3,(H,15,20). The Morgan fingerprint density at radius 1 is 1.39 bits per heavy atom. The van der Waals surface area contributed by atoms with Crippen LogP contribution in [-0.4, -0.2) is 52.6 Å². The van der Waals surface area contributed by atoms with E-state index in [-0.39, 0.29) is 22.9 Å². The van der Waals surface area contributed by atoms with Crippen molar-refractivity contribution in [2.24, 2.45) is 0 Å². The second-order valence-corrected chi connectivity index (χ2v) is 6.85. The first kappa shape index (κ1) is 19.3. The molecule has 0 bridgehead atoms. The minimum Gasteiger partial charge on any atom is -0.465 e. The third-order valence-electron chi connectivity index (χ3n) is 2.64. The third kappa shape index (κ3) is 6.51. The van der Waals surface area contributed by atoms with Crippen molar-refractivity contribution in [3.8, 4) is 0 Å². The number of thiazole rings is 1. The fourth-order valence-corrected chi connectivity index (χ4v) is 2.46. The summed E-state index contributed by atoms with van der Waals surface area (Å²) in [5.74, 6) is -0.554. The Morgan fingerprint density at radius 2 is 2.04 bits per heavy atom. The van der Waals surface area contributed by atoms with Gasteiger partial charge >= 0.3 is 12.1 Å². The van der Waals surface area contributed by atoms with Gasteiger partial charge in [0.15, 0.2) is 0 Å². The Labute approximate surface area is 138 Å². The summed E-state index contributed by atoms with van der Waals surface area (Å²) in [5.41, 5.74) is -0.604. The Morgan fingerprint density at radius 3 is 2.61 bits per heavy atom. The van der Waals surface area contributed by atoms with Gasteiger partial charge in [-0.3, -0.25) is 0 Å². The van der Waals surface area contributed by atoms with Crippen LogP contribution in [0.1, 0.15) is 48.0 Å². The molecule has 130 valence electrons. The van der Waals surface area contributed by atoms with Gasteiger partial charge in [-0.05, 0) is 27.2 Å². The van der Waals surface area contributed by atoms with E-state index in [2.05, 4.69) is 15.0 Å². The van der Waals surface area contributed by atoms with Gasteiger partial charge in [0.25, 0.3) is 0 Å². The van der Waals surface area contributed by atoms with E-state index in [1.807, 2.05) is 0 Å².